The van der Waals surface area contributed by atoms with E-state index in [2.05, 4.69) is 10.6 Å². The average molecular weight is 314 g/mol. The summed E-state index contributed by atoms with van der Waals surface area (Å²) in [5.74, 6) is 0.266. The standard InChI is InChI=1S/C18H22N2O3/c1-12-6-7-13(2)15(9-12)10-17(21)20-14(3)18(22)19-11-16-5-4-8-23-16/h4-9,14H,10-11H2,1-3H3,(H,19,22)(H,20,21). The zero-order chi connectivity index (χ0) is 16.8. The molecule has 5 nitrogen and oxygen atoms in total. The van der Waals surface area contributed by atoms with Gasteiger partial charge in [-0.25, -0.2) is 0 Å². The molecule has 1 aromatic carbocycles. The highest BCUT2D eigenvalue weighted by Gasteiger charge is 2.16. The van der Waals surface area contributed by atoms with Crippen molar-refractivity contribution in [1.82, 2.24) is 10.6 Å². The fraction of sp³-hybridized carbons (Fsp3) is 0.333. The van der Waals surface area contributed by atoms with Crippen molar-refractivity contribution < 1.29 is 14.0 Å². The summed E-state index contributed by atoms with van der Waals surface area (Å²) in [6.07, 6.45) is 1.82. The summed E-state index contributed by atoms with van der Waals surface area (Å²) < 4.78 is 5.15. The van der Waals surface area contributed by atoms with Crippen molar-refractivity contribution in [2.75, 3.05) is 0 Å². The molecule has 122 valence electrons. The molecule has 0 bridgehead atoms. The number of hydrogen-bond acceptors (Lipinski definition) is 3. The topological polar surface area (TPSA) is 71.3 Å². The lowest BCUT2D eigenvalue weighted by Crippen LogP contribution is -2.45. The van der Waals surface area contributed by atoms with Gasteiger partial charge in [0.05, 0.1) is 19.2 Å². The molecular weight excluding hydrogens is 292 g/mol. The van der Waals surface area contributed by atoms with Gasteiger partial charge in [-0.2, -0.15) is 0 Å². The molecular formula is C18H22N2O3. The number of amides is 2. The Labute approximate surface area is 136 Å². The van der Waals surface area contributed by atoms with Gasteiger partial charge in [-0.15, -0.1) is 0 Å². The normalized spacial score (nSPS) is 11.8. The lowest BCUT2D eigenvalue weighted by molar-refractivity contribution is -0.128. The molecule has 0 aliphatic carbocycles. The molecule has 0 saturated heterocycles. The summed E-state index contributed by atoms with van der Waals surface area (Å²) in [7, 11) is 0. The molecule has 0 spiro atoms. The minimum atomic E-state index is -0.595. The average Bonchev–Trinajstić information content (AvgIpc) is 3.01. The van der Waals surface area contributed by atoms with Crippen LogP contribution in [-0.4, -0.2) is 17.9 Å². The highest BCUT2D eigenvalue weighted by Crippen LogP contribution is 2.11. The van der Waals surface area contributed by atoms with Crippen LogP contribution < -0.4 is 10.6 Å². The van der Waals surface area contributed by atoms with Crippen molar-refractivity contribution in [1.29, 1.82) is 0 Å². The number of carbonyl (C=O) groups is 2. The first-order chi connectivity index (χ1) is 11.0. The first-order valence-corrected chi connectivity index (χ1v) is 7.61. The first kappa shape index (κ1) is 16.8. The van der Waals surface area contributed by atoms with Crippen LogP contribution in [0.1, 0.15) is 29.4 Å². The van der Waals surface area contributed by atoms with Crippen LogP contribution in [0.25, 0.3) is 0 Å². The van der Waals surface area contributed by atoms with Gasteiger partial charge in [0, 0.05) is 0 Å². The monoisotopic (exact) mass is 314 g/mol. The van der Waals surface area contributed by atoms with E-state index in [0.717, 1.165) is 16.7 Å². The van der Waals surface area contributed by atoms with Crippen LogP contribution in [0.15, 0.2) is 41.0 Å². The van der Waals surface area contributed by atoms with E-state index in [4.69, 9.17) is 4.42 Å². The molecule has 2 aromatic rings. The minimum absolute atomic E-state index is 0.167. The fourth-order valence-corrected chi connectivity index (χ4v) is 2.26. The van der Waals surface area contributed by atoms with E-state index in [1.165, 1.54) is 0 Å². The fourth-order valence-electron chi connectivity index (χ4n) is 2.26. The summed E-state index contributed by atoms with van der Waals surface area (Å²) in [5.41, 5.74) is 3.16. The van der Waals surface area contributed by atoms with Crippen LogP contribution in [0.4, 0.5) is 0 Å². The van der Waals surface area contributed by atoms with Crippen LogP contribution >= 0.6 is 0 Å². The van der Waals surface area contributed by atoms with Gasteiger partial charge in [0.1, 0.15) is 11.8 Å². The van der Waals surface area contributed by atoms with E-state index >= 15 is 0 Å². The Hall–Kier alpha value is -2.56. The smallest absolute Gasteiger partial charge is 0.242 e. The Morgan fingerprint density at radius 2 is 2.00 bits per heavy atom. The molecule has 1 heterocycles. The maximum absolute atomic E-state index is 12.1. The molecule has 2 rings (SSSR count). The Kier molecular flexibility index (Phi) is 5.57. The van der Waals surface area contributed by atoms with Gasteiger partial charge in [0.25, 0.3) is 0 Å². The molecule has 0 radical (unpaired) electrons. The first-order valence-electron chi connectivity index (χ1n) is 7.61. The van der Waals surface area contributed by atoms with E-state index in [1.807, 2.05) is 32.0 Å². The Bertz CT molecular complexity index is 678. The summed E-state index contributed by atoms with van der Waals surface area (Å²) in [4.78, 5) is 24.1. The molecule has 23 heavy (non-hydrogen) atoms. The van der Waals surface area contributed by atoms with Crippen LogP contribution in [0, 0.1) is 13.8 Å². The third kappa shape index (κ3) is 4.98. The van der Waals surface area contributed by atoms with Gasteiger partial charge in [-0.1, -0.05) is 23.8 Å². The van der Waals surface area contributed by atoms with Gasteiger partial charge in [0.2, 0.25) is 11.8 Å². The quantitative estimate of drug-likeness (QED) is 0.859. The number of aryl methyl sites for hydroxylation is 2. The molecule has 5 heteroatoms. The highest BCUT2D eigenvalue weighted by atomic mass is 16.3. The van der Waals surface area contributed by atoms with E-state index in [-0.39, 0.29) is 18.2 Å². The summed E-state index contributed by atoms with van der Waals surface area (Å²) in [5, 5.41) is 5.45. The number of benzene rings is 1. The second-order valence-corrected chi connectivity index (χ2v) is 5.69. The SMILES string of the molecule is Cc1ccc(C)c(CC(=O)NC(C)C(=O)NCc2ccco2)c1. The van der Waals surface area contributed by atoms with Crippen molar-refractivity contribution in [2.45, 2.75) is 39.8 Å². The number of rotatable bonds is 6. The maximum Gasteiger partial charge on any atom is 0.242 e. The second kappa shape index (κ2) is 7.63. The summed E-state index contributed by atoms with van der Waals surface area (Å²) in [6, 6.07) is 8.96. The maximum atomic E-state index is 12.1. The molecule has 1 aromatic heterocycles. The lowest BCUT2D eigenvalue weighted by atomic mass is 10.0. The van der Waals surface area contributed by atoms with Crippen molar-refractivity contribution in [2.24, 2.45) is 0 Å². The van der Waals surface area contributed by atoms with Gasteiger partial charge in [-0.3, -0.25) is 9.59 Å². The van der Waals surface area contributed by atoms with Gasteiger partial charge in [-0.05, 0) is 44.0 Å². The van der Waals surface area contributed by atoms with E-state index < -0.39 is 6.04 Å². The number of carbonyl (C=O) groups excluding carboxylic acids is 2. The third-order valence-corrected chi connectivity index (χ3v) is 3.64. The molecule has 1 unspecified atom stereocenters. The van der Waals surface area contributed by atoms with Crippen LogP contribution in [-0.2, 0) is 22.6 Å². The molecule has 2 amide bonds. The predicted octanol–water partition coefficient (Wildman–Crippen LogP) is 2.26. The number of hydrogen-bond donors (Lipinski definition) is 2. The predicted molar refractivity (Wildman–Crippen MR) is 87.8 cm³/mol. The summed E-state index contributed by atoms with van der Waals surface area (Å²) in [6.45, 7) is 5.94. The van der Waals surface area contributed by atoms with Crippen molar-refractivity contribution in [3.8, 4) is 0 Å². The molecule has 1 atom stereocenters. The van der Waals surface area contributed by atoms with Gasteiger partial charge >= 0.3 is 0 Å². The Morgan fingerprint density at radius 3 is 2.70 bits per heavy atom. The van der Waals surface area contributed by atoms with Crippen molar-refractivity contribution in [3.63, 3.8) is 0 Å². The minimum Gasteiger partial charge on any atom is -0.467 e. The Morgan fingerprint density at radius 1 is 1.22 bits per heavy atom. The zero-order valence-corrected chi connectivity index (χ0v) is 13.7. The second-order valence-electron chi connectivity index (χ2n) is 5.69. The number of nitrogens with one attached hydrogen (secondary N) is 2. The van der Waals surface area contributed by atoms with E-state index in [0.29, 0.717) is 12.3 Å². The Balaban J connectivity index is 1.84. The molecule has 2 N–H and O–H groups in total. The van der Waals surface area contributed by atoms with Gasteiger partial charge < -0.3 is 15.1 Å². The largest absolute Gasteiger partial charge is 0.467 e. The summed E-state index contributed by atoms with van der Waals surface area (Å²) >= 11 is 0. The van der Waals surface area contributed by atoms with Gasteiger partial charge in [0.15, 0.2) is 0 Å². The molecule has 0 aliphatic rings. The van der Waals surface area contributed by atoms with Crippen LogP contribution in [0.2, 0.25) is 0 Å². The molecule has 0 aliphatic heterocycles. The molecule has 0 fully saturated rings. The zero-order valence-electron chi connectivity index (χ0n) is 13.7. The molecule has 0 saturated carbocycles. The van der Waals surface area contributed by atoms with E-state index in [1.54, 1.807) is 25.3 Å². The van der Waals surface area contributed by atoms with Crippen molar-refractivity contribution >= 4 is 11.8 Å². The number of furan rings is 1. The third-order valence-electron chi connectivity index (χ3n) is 3.64. The van der Waals surface area contributed by atoms with Crippen molar-refractivity contribution in [3.05, 3.63) is 59.0 Å². The van der Waals surface area contributed by atoms with Crippen LogP contribution in [0.5, 0.6) is 0 Å². The lowest BCUT2D eigenvalue weighted by Gasteiger charge is -2.14. The van der Waals surface area contributed by atoms with E-state index in [9.17, 15) is 9.59 Å². The highest BCUT2D eigenvalue weighted by molar-refractivity contribution is 5.88. The van der Waals surface area contributed by atoms with Crippen LogP contribution in [0.3, 0.4) is 0 Å².